The van der Waals surface area contributed by atoms with Crippen molar-refractivity contribution in [3.63, 3.8) is 0 Å². The van der Waals surface area contributed by atoms with Crippen LogP contribution in [-0.2, 0) is 6.54 Å². The van der Waals surface area contributed by atoms with Crippen molar-refractivity contribution in [2.45, 2.75) is 6.54 Å². The third-order valence-corrected chi connectivity index (χ3v) is 4.11. The monoisotopic (exact) mass is 352 g/mol. The van der Waals surface area contributed by atoms with Crippen LogP contribution in [0.15, 0.2) is 36.4 Å². The standard InChI is InChI=1S/C16H14Cl2N2O3/c1-20(8-10-2-5-14-15(6-10)23-9-22-14)16(21)19-11-3-4-12(17)13(18)7-11/h2-7H,8-9H2,1H3,(H,19,21). The maximum absolute atomic E-state index is 12.2. The van der Waals surface area contributed by atoms with Gasteiger partial charge in [-0.05, 0) is 35.9 Å². The van der Waals surface area contributed by atoms with Gasteiger partial charge < -0.3 is 19.7 Å². The molecule has 0 fully saturated rings. The Hall–Kier alpha value is -2.11. The lowest BCUT2D eigenvalue weighted by atomic mass is 10.2. The van der Waals surface area contributed by atoms with E-state index in [1.54, 1.807) is 30.1 Å². The molecule has 7 heteroatoms. The normalized spacial score (nSPS) is 12.1. The molecule has 1 N–H and O–H groups in total. The van der Waals surface area contributed by atoms with Gasteiger partial charge in [0.1, 0.15) is 0 Å². The summed E-state index contributed by atoms with van der Waals surface area (Å²) in [6, 6.07) is 10.3. The molecular weight excluding hydrogens is 339 g/mol. The first-order chi connectivity index (χ1) is 11.0. The average Bonchev–Trinajstić information content (AvgIpc) is 2.98. The molecule has 0 spiro atoms. The molecule has 0 atom stereocenters. The summed E-state index contributed by atoms with van der Waals surface area (Å²) >= 11 is 11.8. The van der Waals surface area contributed by atoms with Gasteiger partial charge >= 0.3 is 6.03 Å². The molecule has 0 unspecified atom stereocenters. The number of ether oxygens (including phenoxy) is 2. The Balaban J connectivity index is 1.64. The topological polar surface area (TPSA) is 50.8 Å². The smallest absolute Gasteiger partial charge is 0.321 e. The number of amides is 2. The Kier molecular flexibility index (Phi) is 4.50. The van der Waals surface area contributed by atoms with E-state index in [-0.39, 0.29) is 12.8 Å². The number of anilines is 1. The lowest BCUT2D eigenvalue weighted by molar-refractivity contribution is 0.174. The van der Waals surface area contributed by atoms with Gasteiger partial charge in [-0.15, -0.1) is 0 Å². The second kappa shape index (κ2) is 6.56. The van der Waals surface area contributed by atoms with Crippen LogP contribution in [0.1, 0.15) is 5.56 Å². The molecule has 2 aromatic carbocycles. The lowest BCUT2D eigenvalue weighted by Crippen LogP contribution is -2.30. The lowest BCUT2D eigenvalue weighted by Gasteiger charge is -2.18. The van der Waals surface area contributed by atoms with E-state index in [4.69, 9.17) is 32.7 Å². The van der Waals surface area contributed by atoms with E-state index in [2.05, 4.69) is 5.32 Å². The minimum atomic E-state index is -0.249. The summed E-state index contributed by atoms with van der Waals surface area (Å²) < 4.78 is 10.6. The molecule has 0 bridgehead atoms. The highest BCUT2D eigenvalue weighted by Gasteiger charge is 2.15. The molecule has 0 radical (unpaired) electrons. The van der Waals surface area contributed by atoms with Crippen LogP contribution in [-0.4, -0.2) is 24.8 Å². The van der Waals surface area contributed by atoms with Gasteiger partial charge in [0.15, 0.2) is 11.5 Å². The quantitative estimate of drug-likeness (QED) is 0.891. The summed E-state index contributed by atoms with van der Waals surface area (Å²) in [5, 5.41) is 3.60. The fourth-order valence-electron chi connectivity index (χ4n) is 2.18. The largest absolute Gasteiger partial charge is 0.454 e. The third kappa shape index (κ3) is 3.63. The van der Waals surface area contributed by atoms with Crippen LogP contribution >= 0.6 is 23.2 Å². The predicted octanol–water partition coefficient (Wildman–Crippen LogP) is 4.39. The van der Waals surface area contributed by atoms with Gasteiger partial charge in [-0.25, -0.2) is 4.79 Å². The zero-order valence-corrected chi connectivity index (χ0v) is 13.8. The number of benzene rings is 2. The second-order valence-electron chi connectivity index (χ2n) is 5.10. The summed E-state index contributed by atoms with van der Waals surface area (Å²) in [5.41, 5.74) is 1.53. The number of rotatable bonds is 3. The number of carbonyl (C=O) groups excluding carboxylic acids is 1. The first-order valence-corrected chi connectivity index (χ1v) is 7.64. The molecule has 5 nitrogen and oxygen atoms in total. The molecule has 23 heavy (non-hydrogen) atoms. The average molecular weight is 353 g/mol. The van der Waals surface area contributed by atoms with Crippen LogP contribution < -0.4 is 14.8 Å². The molecule has 2 amide bonds. The predicted molar refractivity (Wildman–Crippen MR) is 89.5 cm³/mol. The van der Waals surface area contributed by atoms with E-state index in [0.29, 0.717) is 28.0 Å². The Labute approximate surface area is 143 Å². The number of carbonyl (C=O) groups is 1. The molecule has 2 aromatic rings. The Morgan fingerprint density at radius 3 is 2.70 bits per heavy atom. The summed E-state index contributed by atoms with van der Waals surface area (Å²) in [6.45, 7) is 0.663. The summed E-state index contributed by atoms with van der Waals surface area (Å²) in [4.78, 5) is 13.8. The Bertz CT molecular complexity index is 752. The molecule has 0 saturated heterocycles. The second-order valence-corrected chi connectivity index (χ2v) is 5.92. The highest BCUT2D eigenvalue weighted by atomic mass is 35.5. The van der Waals surface area contributed by atoms with Gasteiger partial charge in [-0.1, -0.05) is 29.3 Å². The number of hydrogen-bond donors (Lipinski definition) is 1. The molecule has 3 rings (SSSR count). The van der Waals surface area contributed by atoms with Crippen molar-refractivity contribution in [1.82, 2.24) is 4.90 Å². The van der Waals surface area contributed by atoms with Crippen LogP contribution in [0.3, 0.4) is 0 Å². The van der Waals surface area contributed by atoms with E-state index in [1.165, 1.54) is 0 Å². The summed E-state index contributed by atoms with van der Waals surface area (Å²) in [6.07, 6.45) is 0. The van der Waals surface area contributed by atoms with Crippen molar-refractivity contribution in [1.29, 1.82) is 0 Å². The van der Waals surface area contributed by atoms with Crippen molar-refractivity contribution in [3.05, 3.63) is 52.0 Å². The van der Waals surface area contributed by atoms with Crippen molar-refractivity contribution < 1.29 is 14.3 Å². The van der Waals surface area contributed by atoms with Crippen LogP contribution in [0, 0.1) is 0 Å². The zero-order valence-electron chi connectivity index (χ0n) is 12.3. The van der Waals surface area contributed by atoms with Gasteiger partial charge in [0.25, 0.3) is 0 Å². The van der Waals surface area contributed by atoms with Crippen molar-refractivity contribution >= 4 is 34.9 Å². The molecular formula is C16H14Cl2N2O3. The van der Waals surface area contributed by atoms with Gasteiger partial charge in [0.2, 0.25) is 6.79 Å². The number of fused-ring (bicyclic) bond motifs is 1. The van der Waals surface area contributed by atoms with Crippen molar-refractivity contribution in [2.75, 3.05) is 19.2 Å². The molecule has 1 aliphatic heterocycles. The van der Waals surface area contributed by atoms with E-state index in [1.807, 2.05) is 18.2 Å². The zero-order chi connectivity index (χ0) is 16.4. The van der Waals surface area contributed by atoms with Gasteiger partial charge in [-0.3, -0.25) is 0 Å². The molecule has 0 aromatic heterocycles. The first kappa shape index (κ1) is 15.8. The minimum absolute atomic E-state index is 0.229. The highest BCUT2D eigenvalue weighted by molar-refractivity contribution is 6.42. The van der Waals surface area contributed by atoms with Gasteiger partial charge in [-0.2, -0.15) is 0 Å². The fourth-order valence-corrected chi connectivity index (χ4v) is 2.48. The first-order valence-electron chi connectivity index (χ1n) is 6.88. The van der Waals surface area contributed by atoms with E-state index < -0.39 is 0 Å². The SMILES string of the molecule is CN(Cc1ccc2c(c1)OCO2)C(=O)Nc1ccc(Cl)c(Cl)c1. The fraction of sp³-hybridized carbons (Fsp3) is 0.188. The number of nitrogens with one attached hydrogen (secondary N) is 1. The van der Waals surface area contributed by atoms with Crippen molar-refractivity contribution in [2.24, 2.45) is 0 Å². The third-order valence-electron chi connectivity index (χ3n) is 3.37. The summed E-state index contributed by atoms with van der Waals surface area (Å²) in [7, 11) is 1.71. The number of urea groups is 1. The molecule has 0 aliphatic carbocycles. The van der Waals surface area contributed by atoms with Crippen molar-refractivity contribution in [3.8, 4) is 11.5 Å². The minimum Gasteiger partial charge on any atom is -0.454 e. The van der Waals surface area contributed by atoms with Gasteiger partial charge in [0, 0.05) is 19.3 Å². The molecule has 0 saturated carbocycles. The number of hydrogen-bond acceptors (Lipinski definition) is 3. The van der Waals surface area contributed by atoms with E-state index in [0.717, 1.165) is 11.3 Å². The number of nitrogens with zero attached hydrogens (tertiary/aromatic N) is 1. The van der Waals surface area contributed by atoms with Crippen LogP contribution in [0.2, 0.25) is 10.0 Å². The Morgan fingerprint density at radius 1 is 1.13 bits per heavy atom. The van der Waals surface area contributed by atoms with E-state index in [9.17, 15) is 4.79 Å². The number of halogens is 2. The van der Waals surface area contributed by atoms with E-state index >= 15 is 0 Å². The highest BCUT2D eigenvalue weighted by Crippen LogP contribution is 2.32. The molecule has 1 aliphatic rings. The maximum Gasteiger partial charge on any atom is 0.321 e. The maximum atomic E-state index is 12.2. The van der Waals surface area contributed by atoms with Gasteiger partial charge in [0.05, 0.1) is 10.0 Å². The molecule has 120 valence electrons. The molecule has 1 heterocycles. The Morgan fingerprint density at radius 2 is 1.91 bits per heavy atom. The van der Waals surface area contributed by atoms with Crippen LogP contribution in [0.4, 0.5) is 10.5 Å². The van der Waals surface area contributed by atoms with Crippen LogP contribution in [0.25, 0.3) is 0 Å². The van der Waals surface area contributed by atoms with Crippen LogP contribution in [0.5, 0.6) is 11.5 Å². The summed E-state index contributed by atoms with van der Waals surface area (Å²) in [5.74, 6) is 1.41.